The van der Waals surface area contributed by atoms with Crippen molar-refractivity contribution in [3.63, 3.8) is 0 Å². The summed E-state index contributed by atoms with van der Waals surface area (Å²) in [6.07, 6.45) is 3.89. The number of benzene rings is 1. The average molecular weight is 202 g/mol. The van der Waals surface area contributed by atoms with Crippen LogP contribution < -0.4 is 10.6 Å². The van der Waals surface area contributed by atoms with Crippen LogP contribution in [0.4, 0.5) is 0 Å². The van der Waals surface area contributed by atoms with E-state index in [4.69, 9.17) is 0 Å². The zero-order valence-electron chi connectivity index (χ0n) is 9.00. The third kappa shape index (κ3) is 1.80. The van der Waals surface area contributed by atoms with Gasteiger partial charge in [-0.15, -0.1) is 0 Å². The molecular formula is C13H18N2. The Morgan fingerprint density at radius 3 is 2.87 bits per heavy atom. The Hall–Kier alpha value is -0.860. The van der Waals surface area contributed by atoms with Gasteiger partial charge in [0.2, 0.25) is 0 Å². The van der Waals surface area contributed by atoms with Gasteiger partial charge >= 0.3 is 0 Å². The number of aryl methyl sites for hydroxylation is 1. The molecule has 80 valence electrons. The van der Waals surface area contributed by atoms with Crippen LogP contribution in [0, 0.1) is 0 Å². The molecule has 1 atom stereocenters. The van der Waals surface area contributed by atoms with Crippen LogP contribution in [0.5, 0.6) is 0 Å². The molecule has 3 rings (SSSR count). The minimum Gasteiger partial charge on any atom is -0.314 e. The van der Waals surface area contributed by atoms with Gasteiger partial charge in [0.1, 0.15) is 0 Å². The summed E-state index contributed by atoms with van der Waals surface area (Å²) < 4.78 is 0. The van der Waals surface area contributed by atoms with Crippen LogP contribution in [0.1, 0.15) is 30.0 Å². The van der Waals surface area contributed by atoms with E-state index in [1.807, 2.05) is 0 Å². The SMILES string of the molecule is c1ccc2c(c1)CCCC2NC1CNC1. The smallest absolute Gasteiger partial charge is 0.0326 e. The fourth-order valence-electron chi connectivity index (χ4n) is 2.62. The number of hydrogen-bond acceptors (Lipinski definition) is 2. The van der Waals surface area contributed by atoms with Crippen LogP contribution in [0.3, 0.4) is 0 Å². The number of rotatable bonds is 2. The number of fused-ring (bicyclic) bond motifs is 1. The van der Waals surface area contributed by atoms with Crippen LogP contribution in [-0.2, 0) is 6.42 Å². The molecule has 2 aliphatic rings. The second kappa shape index (κ2) is 3.95. The van der Waals surface area contributed by atoms with E-state index in [0.717, 1.165) is 13.1 Å². The normalized spacial score (nSPS) is 25.7. The summed E-state index contributed by atoms with van der Waals surface area (Å²) in [6, 6.07) is 10.2. The molecule has 1 aromatic carbocycles. The lowest BCUT2D eigenvalue weighted by molar-refractivity contribution is 0.312. The van der Waals surface area contributed by atoms with Crippen molar-refractivity contribution in [2.24, 2.45) is 0 Å². The van der Waals surface area contributed by atoms with Crippen molar-refractivity contribution in [2.75, 3.05) is 13.1 Å². The molecular weight excluding hydrogens is 184 g/mol. The molecule has 1 aliphatic carbocycles. The van der Waals surface area contributed by atoms with E-state index in [1.165, 1.54) is 24.8 Å². The molecule has 2 heteroatoms. The molecule has 0 aromatic heterocycles. The highest BCUT2D eigenvalue weighted by molar-refractivity contribution is 5.32. The summed E-state index contributed by atoms with van der Waals surface area (Å²) in [7, 11) is 0. The van der Waals surface area contributed by atoms with E-state index < -0.39 is 0 Å². The van der Waals surface area contributed by atoms with Gasteiger partial charge in [-0.1, -0.05) is 24.3 Å². The average Bonchev–Trinajstić information content (AvgIpc) is 2.23. The van der Waals surface area contributed by atoms with Crippen molar-refractivity contribution < 1.29 is 0 Å². The van der Waals surface area contributed by atoms with Crippen molar-refractivity contribution >= 4 is 0 Å². The summed E-state index contributed by atoms with van der Waals surface area (Å²) in [6.45, 7) is 2.28. The monoisotopic (exact) mass is 202 g/mol. The molecule has 1 unspecified atom stereocenters. The van der Waals surface area contributed by atoms with E-state index in [9.17, 15) is 0 Å². The minimum absolute atomic E-state index is 0.599. The Morgan fingerprint density at radius 1 is 1.20 bits per heavy atom. The van der Waals surface area contributed by atoms with E-state index in [0.29, 0.717) is 12.1 Å². The minimum atomic E-state index is 0.599. The fourth-order valence-corrected chi connectivity index (χ4v) is 2.62. The molecule has 1 heterocycles. The lowest BCUT2D eigenvalue weighted by atomic mass is 9.87. The molecule has 0 amide bonds. The summed E-state index contributed by atoms with van der Waals surface area (Å²) in [5, 5.41) is 7.06. The van der Waals surface area contributed by atoms with Gasteiger partial charge in [0.05, 0.1) is 0 Å². The maximum absolute atomic E-state index is 3.75. The molecule has 1 fully saturated rings. The second-order valence-corrected chi connectivity index (χ2v) is 4.67. The molecule has 1 aromatic rings. The van der Waals surface area contributed by atoms with Gasteiger partial charge in [0.15, 0.2) is 0 Å². The van der Waals surface area contributed by atoms with E-state index in [-0.39, 0.29) is 0 Å². The van der Waals surface area contributed by atoms with Crippen LogP contribution in [-0.4, -0.2) is 19.1 Å². The van der Waals surface area contributed by atoms with E-state index in [1.54, 1.807) is 5.56 Å². The first kappa shape index (κ1) is 9.37. The molecule has 1 aliphatic heterocycles. The van der Waals surface area contributed by atoms with Gasteiger partial charge in [-0.2, -0.15) is 0 Å². The first-order valence-corrected chi connectivity index (χ1v) is 5.98. The highest BCUT2D eigenvalue weighted by atomic mass is 15.1. The zero-order valence-corrected chi connectivity index (χ0v) is 9.00. The topological polar surface area (TPSA) is 24.1 Å². The Morgan fingerprint density at radius 2 is 2.07 bits per heavy atom. The van der Waals surface area contributed by atoms with E-state index >= 15 is 0 Å². The van der Waals surface area contributed by atoms with Crippen LogP contribution in [0.15, 0.2) is 24.3 Å². The summed E-state index contributed by atoms with van der Waals surface area (Å²) in [5.41, 5.74) is 3.09. The van der Waals surface area contributed by atoms with Gasteiger partial charge in [0.25, 0.3) is 0 Å². The highest BCUT2D eigenvalue weighted by Gasteiger charge is 2.24. The summed E-state index contributed by atoms with van der Waals surface area (Å²) in [4.78, 5) is 0. The van der Waals surface area contributed by atoms with Gasteiger partial charge < -0.3 is 10.6 Å². The first-order chi connectivity index (χ1) is 7.43. The Bertz CT molecular complexity index is 344. The van der Waals surface area contributed by atoms with Gasteiger partial charge in [0, 0.05) is 25.2 Å². The zero-order chi connectivity index (χ0) is 10.1. The predicted octanol–water partition coefficient (Wildman–Crippen LogP) is 1.63. The van der Waals surface area contributed by atoms with Crippen molar-refractivity contribution in [1.29, 1.82) is 0 Å². The highest BCUT2D eigenvalue weighted by Crippen LogP contribution is 2.29. The lowest BCUT2D eigenvalue weighted by Gasteiger charge is -2.35. The van der Waals surface area contributed by atoms with Crippen molar-refractivity contribution in [3.05, 3.63) is 35.4 Å². The van der Waals surface area contributed by atoms with Gasteiger partial charge in [-0.05, 0) is 30.4 Å². The molecule has 15 heavy (non-hydrogen) atoms. The number of nitrogens with one attached hydrogen (secondary N) is 2. The predicted molar refractivity (Wildman–Crippen MR) is 61.9 cm³/mol. The van der Waals surface area contributed by atoms with Crippen molar-refractivity contribution in [1.82, 2.24) is 10.6 Å². The molecule has 0 radical (unpaired) electrons. The Balaban J connectivity index is 1.79. The Labute approximate surface area is 91.1 Å². The van der Waals surface area contributed by atoms with Crippen LogP contribution >= 0.6 is 0 Å². The largest absolute Gasteiger partial charge is 0.314 e. The van der Waals surface area contributed by atoms with Crippen LogP contribution in [0.2, 0.25) is 0 Å². The second-order valence-electron chi connectivity index (χ2n) is 4.67. The molecule has 0 saturated carbocycles. The maximum atomic E-state index is 3.75. The van der Waals surface area contributed by atoms with Gasteiger partial charge in [-0.3, -0.25) is 0 Å². The van der Waals surface area contributed by atoms with Gasteiger partial charge in [-0.25, -0.2) is 0 Å². The third-order valence-electron chi connectivity index (χ3n) is 3.59. The fraction of sp³-hybridized carbons (Fsp3) is 0.538. The third-order valence-corrected chi connectivity index (χ3v) is 3.59. The van der Waals surface area contributed by atoms with E-state index in [2.05, 4.69) is 34.9 Å². The summed E-state index contributed by atoms with van der Waals surface area (Å²) >= 11 is 0. The van der Waals surface area contributed by atoms with Crippen molar-refractivity contribution in [3.8, 4) is 0 Å². The quantitative estimate of drug-likeness (QED) is 0.761. The number of hydrogen-bond donors (Lipinski definition) is 2. The first-order valence-electron chi connectivity index (χ1n) is 5.98. The lowest BCUT2D eigenvalue weighted by Crippen LogP contribution is -2.56. The Kier molecular flexibility index (Phi) is 2.47. The molecule has 2 nitrogen and oxygen atoms in total. The molecule has 1 saturated heterocycles. The molecule has 0 spiro atoms. The van der Waals surface area contributed by atoms with Crippen molar-refractivity contribution in [2.45, 2.75) is 31.3 Å². The molecule has 2 N–H and O–H groups in total. The molecule has 0 bridgehead atoms. The standard InChI is InChI=1S/C13H18N2/c1-2-6-12-10(4-1)5-3-7-13(12)15-11-8-14-9-11/h1-2,4,6,11,13-15H,3,5,7-9H2. The summed E-state index contributed by atoms with van der Waals surface area (Å²) in [5.74, 6) is 0. The van der Waals surface area contributed by atoms with Crippen LogP contribution in [0.25, 0.3) is 0 Å². The maximum Gasteiger partial charge on any atom is 0.0326 e.